The Bertz CT molecular complexity index is 792. The molecule has 4 heterocycles. The van der Waals surface area contributed by atoms with Crippen LogP contribution in [0.3, 0.4) is 0 Å². The first-order chi connectivity index (χ1) is 9.78. The van der Waals surface area contributed by atoms with E-state index >= 15 is 0 Å². The normalized spacial score (nSPS) is 16.1. The third-order valence-electron chi connectivity index (χ3n) is 3.57. The van der Waals surface area contributed by atoms with Crippen molar-refractivity contribution in [3.8, 4) is 0 Å². The highest BCUT2D eigenvalue weighted by atomic mass is 32.2. The fourth-order valence-electron chi connectivity index (χ4n) is 2.65. The predicted molar refractivity (Wildman–Crippen MR) is 80.4 cm³/mol. The molecular formula is C12H14N6S2. The van der Waals surface area contributed by atoms with Crippen LogP contribution in [0.25, 0.3) is 15.9 Å². The van der Waals surface area contributed by atoms with Gasteiger partial charge in [0.15, 0.2) is 10.8 Å². The lowest BCUT2D eigenvalue weighted by atomic mass is 10.1. The summed E-state index contributed by atoms with van der Waals surface area (Å²) >= 11 is 3.46. The monoisotopic (exact) mass is 306 g/mol. The zero-order valence-corrected chi connectivity index (χ0v) is 13.0. The van der Waals surface area contributed by atoms with Crippen molar-refractivity contribution in [1.29, 1.82) is 0 Å². The Balaban J connectivity index is 2.04. The smallest absolute Gasteiger partial charge is 0.194 e. The van der Waals surface area contributed by atoms with Crippen LogP contribution in [-0.4, -0.2) is 49.3 Å². The van der Waals surface area contributed by atoms with Crippen molar-refractivity contribution in [2.45, 2.75) is 25.0 Å². The number of thiophene rings is 1. The summed E-state index contributed by atoms with van der Waals surface area (Å²) in [6, 6.07) is 0. The summed E-state index contributed by atoms with van der Waals surface area (Å²) in [7, 11) is 2.16. The van der Waals surface area contributed by atoms with Gasteiger partial charge in [0.25, 0.3) is 0 Å². The molecule has 6 nitrogen and oxygen atoms in total. The van der Waals surface area contributed by atoms with E-state index in [0.29, 0.717) is 0 Å². The van der Waals surface area contributed by atoms with E-state index in [1.807, 2.05) is 0 Å². The highest BCUT2D eigenvalue weighted by molar-refractivity contribution is 7.99. The highest BCUT2D eigenvalue weighted by Crippen LogP contribution is 2.36. The van der Waals surface area contributed by atoms with Gasteiger partial charge in [-0.1, -0.05) is 18.7 Å². The third kappa shape index (κ3) is 1.75. The zero-order valence-electron chi connectivity index (χ0n) is 11.3. The zero-order chi connectivity index (χ0) is 13.7. The molecule has 0 amide bonds. The Labute approximate surface area is 124 Å². The van der Waals surface area contributed by atoms with Gasteiger partial charge in [0.2, 0.25) is 0 Å². The molecule has 1 aliphatic heterocycles. The van der Waals surface area contributed by atoms with Gasteiger partial charge in [-0.15, -0.1) is 16.4 Å². The second-order valence-corrected chi connectivity index (χ2v) is 7.23. The standard InChI is InChI=1S/C12H14N6S2/c1-3-19-12-13-11-9(10-14-15-16-18(10)12)7-4-5-17(2)6-8(7)20-11/h3-6H2,1-2H3. The minimum Gasteiger partial charge on any atom is -0.301 e. The van der Waals surface area contributed by atoms with Gasteiger partial charge in [-0.3, -0.25) is 0 Å². The van der Waals surface area contributed by atoms with Crippen LogP contribution in [0, 0.1) is 0 Å². The molecule has 0 N–H and O–H groups in total. The van der Waals surface area contributed by atoms with E-state index in [2.05, 4.69) is 34.4 Å². The number of likely N-dealkylation sites (N-methyl/N-ethyl adjacent to an activating group) is 1. The van der Waals surface area contributed by atoms with Gasteiger partial charge in [-0.05, 0) is 35.2 Å². The van der Waals surface area contributed by atoms with Gasteiger partial charge in [0.1, 0.15) is 4.83 Å². The van der Waals surface area contributed by atoms with Gasteiger partial charge < -0.3 is 4.90 Å². The first-order valence-corrected chi connectivity index (χ1v) is 8.42. The Morgan fingerprint density at radius 2 is 2.30 bits per heavy atom. The first kappa shape index (κ1) is 12.5. The first-order valence-electron chi connectivity index (χ1n) is 6.61. The van der Waals surface area contributed by atoms with Gasteiger partial charge in [0, 0.05) is 18.0 Å². The molecule has 0 atom stereocenters. The van der Waals surface area contributed by atoms with Crippen LogP contribution < -0.4 is 0 Å². The van der Waals surface area contributed by atoms with Crippen LogP contribution >= 0.6 is 23.1 Å². The lowest BCUT2D eigenvalue weighted by Crippen LogP contribution is -2.25. The second-order valence-electron chi connectivity index (χ2n) is 4.91. The lowest BCUT2D eigenvalue weighted by molar-refractivity contribution is 0.318. The largest absolute Gasteiger partial charge is 0.301 e. The average molecular weight is 306 g/mol. The van der Waals surface area contributed by atoms with Crippen molar-refractivity contribution < 1.29 is 0 Å². The lowest BCUT2D eigenvalue weighted by Gasteiger charge is -2.21. The summed E-state index contributed by atoms with van der Waals surface area (Å²) in [5.41, 5.74) is 2.25. The van der Waals surface area contributed by atoms with Crippen LogP contribution in [0.5, 0.6) is 0 Å². The number of aromatic nitrogens is 5. The topological polar surface area (TPSA) is 59.2 Å². The maximum Gasteiger partial charge on any atom is 0.194 e. The molecule has 0 fully saturated rings. The van der Waals surface area contributed by atoms with E-state index in [9.17, 15) is 0 Å². The summed E-state index contributed by atoms with van der Waals surface area (Å²) in [5, 5.41) is 14.2. The number of tetrazole rings is 1. The molecule has 0 saturated carbocycles. The van der Waals surface area contributed by atoms with E-state index in [4.69, 9.17) is 4.98 Å². The van der Waals surface area contributed by atoms with Gasteiger partial charge in [-0.2, -0.15) is 4.52 Å². The molecule has 20 heavy (non-hydrogen) atoms. The fraction of sp³-hybridized carbons (Fsp3) is 0.500. The molecule has 0 saturated heterocycles. The molecule has 0 radical (unpaired) electrons. The van der Waals surface area contributed by atoms with Crippen LogP contribution in [0.15, 0.2) is 5.16 Å². The van der Waals surface area contributed by atoms with Crippen LogP contribution in [0.4, 0.5) is 0 Å². The van der Waals surface area contributed by atoms with Gasteiger partial charge in [-0.25, -0.2) is 4.98 Å². The summed E-state index contributed by atoms with van der Waals surface area (Å²) in [6.07, 6.45) is 1.05. The summed E-state index contributed by atoms with van der Waals surface area (Å²) < 4.78 is 1.78. The number of rotatable bonds is 2. The summed E-state index contributed by atoms with van der Waals surface area (Å²) in [6.45, 7) is 4.19. The minimum absolute atomic E-state index is 0.855. The van der Waals surface area contributed by atoms with Crippen molar-refractivity contribution in [2.75, 3.05) is 19.3 Å². The maximum atomic E-state index is 4.78. The van der Waals surface area contributed by atoms with Crippen molar-refractivity contribution in [2.24, 2.45) is 0 Å². The van der Waals surface area contributed by atoms with Crippen LogP contribution in [0.2, 0.25) is 0 Å². The number of hydrogen-bond donors (Lipinski definition) is 0. The molecule has 8 heteroatoms. The molecular weight excluding hydrogens is 292 g/mol. The van der Waals surface area contributed by atoms with Crippen molar-refractivity contribution in [1.82, 2.24) is 29.9 Å². The number of hydrogen-bond acceptors (Lipinski definition) is 7. The number of fused-ring (bicyclic) bond motifs is 5. The minimum atomic E-state index is 0.855. The molecule has 0 unspecified atom stereocenters. The SMILES string of the molecule is CCSc1nc2sc3c(c2c2nnnn12)CCN(C)C3. The number of thioether (sulfide) groups is 1. The van der Waals surface area contributed by atoms with E-state index < -0.39 is 0 Å². The summed E-state index contributed by atoms with van der Waals surface area (Å²) in [4.78, 5) is 9.60. The Morgan fingerprint density at radius 1 is 1.40 bits per heavy atom. The highest BCUT2D eigenvalue weighted by Gasteiger charge is 2.23. The molecule has 0 aliphatic carbocycles. The molecule has 0 spiro atoms. The van der Waals surface area contributed by atoms with Crippen LogP contribution in [-0.2, 0) is 13.0 Å². The molecule has 104 valence electrons. The molecule has 4 rings (SSSR count). The van der Waals surface area contributed by atoms with Gasteiger partial charge in [0.05, 0.1) is 5.39 Å². The molecule has 1 aliphatic rings. The molecule has 3 aromatic rings. The van der Waals surface area contributed by atoms with Crippen molar-refractivity contribution in [3.63, 3.8) is 0 Å². The van der Waals surface area contributed by atoms with Gasteiger partial charge >= 0.3 is 0 Å². The Morgan fingerprint density at radius 3 is 3.15 bits per heavy atom. The van der Waals surface area contributed by atoms with E-state index in [-0.39, 0.29) is 0 Å². The Hall–Kier alpha value is -1.25. The predicted octanol–water partition coefficient (Wildman–Crippen LogP) is 1.83. The van der Waals surface area contributed by atoms with E-state index in [0.717, 1.165) is 46.3 Å². The Kier molecular flexibility index (Phi) is 2.90. The van der Waals surface area contributed by atoms with Crippen molar-refractivity contribution >= 4 is 39.0 Å². The number of nitrogens with zero attached hydrogens (tertiary/aromatic N) is 6. The maximum absolute atomic E-state index is 4.78. The second kappa shape index (κ2) is 4.64. The third-order valence-corrected chi connectivity index (χ3v) is 5.50. The summed E-state index contributed by atoms with van der Waals surface area (Å²) in [5.74, 6) is 0.960. The quantitative estimate of drug-likeness (QED) is 0.532. The van der Waals surface area contributed by atoms with E-state index in [1.165, 1.54) is 10.4 Å². The molecule has 0 bridgehead atoms. The fourth-order valence-corrected chi connectivity index (χ4v) is 4.67. The van der Waals surface area contributed by atoms with E-state index in [1.54, 1.807) is 27.6 Å². The van der Waals surface area contributed by atoms with Crippen LogP contribution in [0.1, 0.15) is 17.4 Å². The molecule has 0 aromatic carbocycles. The average Bonchev–Trinajstić information content (AvgIpc) is 3.01. The van der Waals surface area contributed by atoms with Crippen molar-refractivity contribution in [3.05, 3.63) is 10.4 Å². The molecule has 3 aromatic heterocycles.